The van der Waals surface area contributed by atoms with Crippen molar-refractivity contribution in [1.82, 2.24) is 0 Å². The Labute approximate surface area is 193 Å². The molecule has 0 saturated carbocycles. The molecule has 0 aromatic heterocycles. The van der Waals surface area contributed by atoms with Gasteiger partial charge in [0.25, 0.3) is 0 Å². The molecule has 1 heterocycles. The predicted octanol–water partition coefficient (Wildman–Crippen LogP) is 4.95. The number of carbonyl (C=O) groups is 3. The van der Waals surface area contributed by atoms with E-state index in [0.717, 1.165) is 12.0 Å². The average molecular weight is 440 g/mol. The number of Topliss-reactive ketones (excluding diaryl/α,β-unsaturated/α-hetero) is 1. The van der Waals surface area contributed by atoms with Crippen molar-refractivity contribution in [3.63, 3.8) is 0 Å². The SMILES string of the molecule is CCc1ccc(C2=Nc3ccccc3N(CC(=O)Nc3cccc(C(C)=O)c3)C(=O)C2)cc1. The number of hydrogen-bond donors (Lipinski definition) is 1. The highest BCUT2D eigenvalue weighted by atomic mass is 16.2. The van der Waals surface area contributed by atoms with Crippen LogP contribution in [0.2, 0.25) is 0 Å². The number of benzene rings is 3. The van der Waals surface area contributed by atoms with Crippen molar-refractivity contribution < 1.29 is 14.4 Å². The Morgan fingerprint density at radius 1 is 1.00 bits per heavy atom. The summed E-state index contributed by atoms with van der Waals surface area (Å²) in [5.41, 5.74) is 5.04. The van der Waals surface area contributed by atoms with E-state index in [4.69, 9.17) is 4.99 Å². The molecule has 4 rings (SSSR count). The number of rotatable bonds is 6. The number of amides is 2. The van der Waals surface area contributed by atoms with Crippen LogP contribution in [0.25, 0.3) is 0 Å². The van der Waals surface area contributed by atoms with E-state index in [1.54, 1.807) is 30.3 Å². The highest BCUT2D eigenvalue weighted by Gasteiger charge is 2.26. The van der Waals surface area contributed by atoms with Crippen LogP contribution in [-0.4, -0.2) is 29.9 Å². The van der Waals surface area contributed by atoms with Gasteiger partial charge in [0.1, 0.15) is 6.54 Å². The molecule has 1 aliphatic rings. The molecule has 0 unspecified atom stereocenters. The topological polar surface area (TPSA) is 78.8 Å². The van der Waals surface area contributed by atoms with Crippen molar-refractivity contribution in [2.75, 3.05) is 16.8 Å². The van der Waals surface area contributed by atoms with Gasteiger partial charge in [-0.1, -0.05) is 55.5 Å². The Hall–Kier alpha value is -4.06. The minimum absolute atomic E-state index is 0.0839. The van der Waals surface area contributed by atoms with Crippen LogP contribution in [0, 0.1) is 0 Å². The number of nitrogens with zero attached hydrogens (tertiary/aromatic N) is 2. The van der Waals surface area contributed by atoms with Crippen molar-refractivity contribution in [3.8, 4) is 0 Å². The van der Waals surface area contributed by atoms with E-state index in [9.17, 15) is 14.4 Å². The van der Waals surface area contributed by atoms with Crippen LogP contribution < -0.4 is 10.2 Å². The molecule has 6 heteroatoms. The van der Waals surface area contributed by atoms with Gasteiger partial charge in [0.2, 0.25) is 11.8 Å². The number of fused-ring (bicyclic) bond motifs is 1. The third kappa shape index (κ3) is 5.06. The molecule has 33 heavy (non-hydrogen) atoms. The van der Waals surface area contributed by atoms with Gasteiger partial charge in [0.15, 0.2) is 5.78 Å². The van der Waals surface area contributed by atoms with Crippen LogP contribution in [0.4, 0.5) is 17.1 Å². The standard InChI is InChI=1S/C27H25N3O3/c1-3-19-11-13-20(14-12-19)24-16-27(33)30(25-10-5-4-9-23(25)29-24)17-26(32)28-22-8-6-7-21(15-22)18(2)31/h4-15H,3,16-17H2,1-2H3,(H,28,32). The minimum Gasteiger partial charge on any atom is -0.325 e. The van der Waals surface area contributed by atoms with Crippen LogP contribution in [0.3, 0.4) is 0 Å². The van der Waals surface area contributed by atoms with E-state index in [1.807, 2.05) is 42.5 Å². The summed E-state index contributed by atoms with van der Waals surface area (Å²) in [4.78, 5) is 43.9. The Kier molecular flexibility index (Phi) is 6.45. The molecule has 2 amide bonds. The molecular formula is C27H25N3O3. The number of aryl methyl sites for hydroxylation is 1. The van der Waals surface area contributed by atoms with E-state index in [-0.39, 0.29) is 30.6 Å². The van der Waals surface area contributed by atoms with Gasteiger partial charge in [-0.25, -0.2) is 0 Å². The minimum atomic E-state index is -0.352. The smallest absolute Gasteiger partial charge is 0.244 e. The van der Waals surface area contributed by atoms with E-state index in [0.29, 0.717) is 28.3 Å². The molecule has 1 N–H and O–H groups in total. The van der Waals surface area contributed by atoms with Gasteiger partial charge >= 0.3 is 0 Å². The molecule has 3 aromatic carbocycles. The molecule has 0 saturated heterocycles. The second-order valence-electron chi connectivity index (χ2n) is 7.94. The van der Waals surface area contributed by atoms with Crippen molar-refractivity contribution in [3.05, 3.63) is 89.5 Å². The monoisotopic (exact) mass is 439 g/mol. The number of aliphatic imine (C=N–C) groups is 1. The maximum absolute atomic E-state index is 13.2. The molecule has 166 valence electrons. The van der Waals surface area contributed by atoms with E-state index >= 15 is 0 Å². The maximum atomic E-state index is 13.2. The van der Waals surface area contributed by atoms with Crippen LogP contribution in [-0.2, 0) is 16.0 Å². The molecule has 0 spiro atoms. The number of para-hydroxylation sites is 2. The van der Waals surface area contributed by atoms with Crippen LogP contribution in [0.15, 0.2) is 77.8 Å². The van der Waals surface area contributed by atoms with Crippen molar-refractivity contribution in [2.45, 2.75) is 26.7 Å². The van der Waals surface area contributed by atoms with E-state index in [1.165, 1.54) is 17.4 Å². The van der Waals surface area contributed by atoms with Gasteiger partial charge in [-0.3, -0.25) is 19.4 Å². The lowest BCUT2D eigenvalue weighted by atomic mass is 10.0. The van der Waals surface area contributed by atoms with Gasteiger partial charge in [-0.15, -0.1) is 0 Å². The average Bonchev–Trinajstić information content (AvgIpc) is 2.96. The van der Waals surface area contributed by atoms with Gasteiger partial charge in [0, 0.05) is 11.3 Å². The first kappa shape index (κ1) is 22.1. The van der Waals surface area contributed by atoms with E-state index < -0.39 is 0 Å². The first-order valence-electron chi connectivity index (χ1n) is 10.9. The maximum Gasteiger partial charge on any atom is 0.244 e. The summed E-state index contributed by atoms with van der Waals surface area (Å²) in [6, 6.07) is 22.1. The normalized spacial score (nSPS) is 13.1. The molecule has 1 aliphatic heterocycles. The van der Waals surface area contributed by atoms with E-state index in [2.05, 4.69) is 12.2 Å². The van der Waals surface area contributed by atoms with Gasteiger partial charge < -0.3 is 10.2 Å². The fraction of sp³-hybridized carbons (Fsp3) is 0.185. The van der Waals surface area contributed by atoms with Crippen molar-refractivity contribution >= 4 is 40.4 Å². The van der Waals surface area contributed by atoms with Crippen LogP contribution in [0.1, 0.15) is 41.8 Å². The van der Waals surface area contributed by atoms with Gasteiger partial charge in [0.05, 0.1) is 23.5 Å². The summed E-state index contributed by atoms with van der Waals surface area (Å²) in [5, 5.41) is 2.79. The molecule has 0 fully saturated rings. The second kappa shape index (κ2) is 9.61. The third-order valence-corrected chi connectivity index (χ3v) is 5.60. The number of anilines is 2. The molecule has 0 bridgehead atoms. The Balaban J connectivity index is 1.58. The largest absolute Gasteiger partial charge is 0.325 e. The lowest BCUT2D eigenvalue weighted by Gasteiger charge is -2.22. The first-order valence-corrected chi connectivity index (χ1v) is 10.9. The summed E-state index contributed by atoms with van der Waals surface area (Å²) >= 11 is 0. The molecule has 3 aromatic rings. The van der Waals surface area contributed by atoms with Crippen LogP contribution >= 0.6 is 0 Å². The summed E-state index contributed by atoms with van der Waals surface area (Å²) in [6.07, 6.45) is 1.03. The lowest BCUT2D eigenvalue weighted by Crippen LogP contribution is -2.38. The van der Waals surface area contributed by atoms with Crippen molar-refractivity contribution in [1.29, 1.82) is 0 Å². The number of ketones is 1. The first-order chi connectivity index (χ1) is 15.9. The molecule has 0 aliphatic carbocycles. The summed E-state index contributed by atoms with van der Waals surface area (Å²) in [7, 11) is 0. The number of carbonyl (C=O) groups excluding carboxylic acids is 3. The fourth-order valence-electron chi connectivity index (χ4n) is 3.78. The summed E-state index contributed by atoms with van der Waals surface area (Å²) in [6.45, 7) is 3.41. The Morgan fingerprint density at radius 3 is 2.48 bits per heavy atom. The van der Waals surface area contributed by atoms with Crippen molar-refractivity contribution in [2.24, 2.45) is 4.99 Å². The Bertz CT molecular complexity index is 1250. The zero-order valence-corrected chi connectivity index (χ0v) is 18.7. The Morgan fingerprint density at radius 2 is 1.76 bits per heavy atom. The summed E-state index contributed by atoms with van der Waals surface area (Å²) in [5.74, 6) is -0.639. The highest BCUT2D eigenvalue weighted by Crippen LogP contribution is 2.33. The molecule has 0 radical (unpaired) electrons. The number of nitrogens with one attached hydrogen (secondary N) is 1. The quantitative estimate of drug-likeness (QED) is 0.552. The van der Waals surface area contributed by atoms with Gasteiger partial charge in [-0.05, 0) is 48.7 Å². The molecule has 6 nitrogen and oxygen atoms in total. The zero-order chi connectivity index (χ0) is 23.4. The van der Waals surface area contributed by atoms with Gasteiger partial charge in [-0.2, -0.15) is 0 Å². The zero-order valence-electron chi connectivity index (χ0n) is 18.7. The van der Waals surface area contributed by atoms with Crippen LogP contribution in [0.5, 0.6) is 0 Å². The third-order valence-electron chi connectivity index (χ3n) is 5.60. The summed E-state index contributed by atoms with van der Waals surface area (Å²) < 4.78 is 0. The number of hydrogen-bond acceptors (Lipinski definition) is 4. The lowest BCUT2D eigenvalue weighted by molar-refractivity contribution is -0.120. The second-order valence-corrected chi connectivity index (χ2v) is 7.94. The molecular weight excluding hydrogens is 414 g/mol. The fourth-order valence-corrected chi connectivity index (χ4v) is 3.78. The predicted molar refractivity (Wildman–Crippen MR) is 131 cm³/mol. The highest BCUT2D eigenvalue weighted by molar-refractivity contribution is 6.19. The molecule has 0 atom stereocenters.